The average Bonchev–Trinajstić information content (AvgIpc) is 2.66. The lowest BCUT2D eigenvalue weighted by Crippen LogP contribution is -2.09. The number of pyridine rings is 1. The Balaban J connectivity index is 2.26. The summed E-state index contributed by atoms with van der Waals surface area (Å²) >= 11 is 0. The quantitative estimate of drug-likeness (QED) is 0.555. The van der Waals surface area contributed by atoms with Gasteiger partial charge < -0.3 is 5.11 Å². The van der Waals surface area contributed by atoms with Crippen molar-refractivity contribution < 1.29 is 31.4 Å². The molecule has 28 heavy (non-hydrogen) atoms. The molecule has 146 valence electrons. The molecule has 2 aromatic carbocycles. The molecule has 0 saturated heterocycles. The van der Waals surface area contributed by atoms with Crippen LogP contribution in [0.25, 0.3) is 22.3 Å². The van der Waals surface area contributed by atoms with E-state index >= 15 is 0 Å². The van der Waals surface area contributed by atoms with Crippen molar-refractivity contribution in [2.75, 3.05) is 0 Å². The van der Waals surface area contributed by atoms with Crippen LogP contribution in [-0.2, 0) is 19.0 Å². The molecule has 3 rings (SSSR count). The molecule has 2 nitrogen and oxygen atoms in total. The smallest absolute Gasteiger partial charge is 0.390 e. The van der Waals surface area contributed by atoms with Crippen molar-refractivity contribution >= 4 is 0 Å². The second-order valence-corrected chi connectivity index (χ2v) is 5.96. The molecule has 1 aromatic heterocycles. The number of benzene rings is 2. The Morgan fingerprint density at radius 3 is 1.75 bits per heavy atom. The fourth-order valence-electron chi connectivity index (χ4n) is 2.95. The second-order valence-electron chi connectivity index (χ2n) is 5.96. The summed E-state index contributed by atoms with van der Waals surface area (Å²) in [6, 6.07) is 10.6. The maximum absolute atomic E-state index is 13.4. The van der Waals surface area contributed by atoms with Crippen LogP contribution < -0.4 is 0 Å². The standard InChI is InChI=1S/C20H13F6NO/c21-19(22,23)16-7-3-1-5-13(16)12-9-15(18(11-28)27-10-12)14-6-2-4-8-17(14)20(24,25)26/h1-10,28H,11H2. The predicted molar refractivity (Wildman–Crippen MR) is 91.0 cm³/mol. The zero-order chi connectivity index (χ0) is 20.5. The molecule has 0 fully saturated rings. The van der Waals surface area contributed by atoms with Crippen LogP contribution in [-0.4, -0.2) is 10.1 Å². The minimum Gasteiger partial charge on any atom is -0.390 e. The van der Waals surface area contributed by atoms with E-state index < -0.39 is 30.1 Å². The highest BCUT2D eigenvalue weighted by molar-refractivity contribution is 5.77. The van der Waals surface area contributed by atoms with Crippen LogP contribution in [0.15, 0.2) is 60.8 Å². The lowest BCUT2D eigenvalue weighted by Gasteiger charge is -2.17. The van der Waals surface area contributed by atoms with E-state index in [9.17, 15) is 31.4 Å². The van der Waals surface area contributed by atoms with Crippen LogP contribution in [0.5, 0.6) is 0 Å². The van der Waals surface area contributed by atoms with E-state index in [1.807, 2.05) is 0 Å². The van der Waals surface area contributed by atoms with E-state index in [0.29, 0.717) is 0 Å². The molecule has 0 spiro atoms. The number of halogens is 6. The normalized spacial score (nSPS) is 12.2. The summed E-state index contributed by atoms with van der Waals surface area (Å²) in [4.78, 5) is 3.91. The number of aliphatic hydroxyl groups is 1. The third-order valence-electron chi connectivity index (χ3n) is 4.19. The molecule has 0 saturated carbocycles. The minimum atomic E-state index is -4.68. The van der Waals surface area contributed by atoms with Crippen molar-refractivity contribution in [2.24, 2.45) is 0 Å². The Hall–Kier alpha value is -2.87. The van der Waals surface area contributed by atoms with E-state index in [2.05, 4.69) is 4.98 Å². The summed E-state index contributed by atoms with van der Waals surface area (Å²) in [5, 5.41) is 9.50. The monoisotopic (exact) mass is 397 g/mol. The lowest BCUT2D eigenvalue weighted by atomic mass is 9.93. The van der Waals surface area contributed by atoms with Crippen LogP contribution in [0.4, 0.5) is 26.3 Å². The van der Waals surface area contributed by atoms with E-state index in [0.717, 1.165) is 18.3 Å². The summed E-state index contributed by atoms with van der Waals surface area (Å²) in [6.07, 6.45) is -8.21. The van der Waals surface area contributed by atoms with Crippen molar-refractivity contribution in [1.29, 1.82) is 0 Å². The fraction of sp³-hybridized carbons (Fsp3) is 0.150. The van der Waals surface area contributed by atoms with Gasteiger partial charge in [0.1, 0.15) is 0 Å². The minimum absolute atomic E-state index is 0.00268. The van der Waals surface area contributed by atoms with E-state index in [1.54, 1.807) is 0 Å². The number of aliphatic hydroxyl groups excluding tert-OH is 1. The first-order valence-electron chi connectivity index (χ1n) is 8.06. The number of alkyl halides is 6. The van der Waals surface area contributed by atoms with E-state index in [4.69, 9.17) is 0 Å². The Morgan fingerprint density at radius 1 is 0.714 bits per heavy atom. The first-order valence-corrected chi connectivity index (χ1v) is 8.06. The first-order chi connectivity index (χ1) is 13.1. The van der Waals surface area contributed by atoms with Gasteiger partial charge in [0.05, 0.1) is 23.4 Å². The second kappa shape index (κ2) is 7.27. The number of hydrogen-bond acceptors (Lipinski definition) is 2. The van der Waals surface area contributed by atoms with Gasteiger partial charge in [-0.2, -0.15) is 26.3 Å². The zero-order valence-electron chi connectivity index (χ0n) is 14.1. The van der Waals surface area contributed by atoms with Gasteiger partial charge in [0.15, 0.2) is 0 Å². The Bertz CT molecular complexity index is 994. The summed E-state index contributed by atoms with van der Waals surface area (Å²) in [5.74, 6) is 0. The largest absolute Gasteiger partial charge is 0.417 e. The van der Waals surface area contributed by atoms with Crippen LogP contribution in [0, 0.1) is 0 Å². The number of aromatic nitrogens is 1. The van der Waals surface area contributed by atoms with Gasteiger partial charge in [-0.05, 0) is 29.3 Å². The molecule has 0 unspecified atom stereocenters. The van der Waals surface area contributed by atoms with Gasteiger partial charge in [-0.15, -0.1) is 0 Å². The molecule has 0 aliphatic heterocycles. The highest BCUT2D eigenvalue weighted by atomic mass is 19.4. The van der Waals surface area contributed by atoms with Gasteiger partial charge in [-0.1, -0.05) is 36.4 Å². The lowest BCUT2D eigenvalue weighted by molar-refractivity contribution is -0.137. The molecule has 0 aliphatic rings. The van der Waals surface area contributed by atoms with Crippen LogP contribution in [0.2, 0.25) is 0 Å². The number of nitrogens with zero attached hydrogens (tertiary/aromatic N) is 1. The maximum atomic E-state index is 13.4. The van der Waals surface area contributed by atoms with Crippen molar-refractivity contribution in [3.8, 4) is 22.3 Å². The molecule has 0 radical (unpaired) electrons. The molecule has 3 aromatic rings. The molecule has 1 heterocycles. The van der Waals surface area contributed by atoms with Crippen molar-refractivity contribution in [1.82, 2.24) is 4.98 Å². The highest BCUT2D eigenvalue weighted by Gasteiger charge is 2.35. The van der Waals surface area contributed by atoms with E-state index in [1.165, 1.54) is 42.5 Å². The Morgan fingerprint density at radius 2 is 1.21 bits per heavy atom. The van der Waals surface area contributed by atoms with E-state index in [-0.39, 0.29) is 27.9 Å². The van der Waals surface area contributed by atoms with Gasteiger partial charge in [0, 0.05) is 17.3 Å². The first kappa shape index (κ1) is 19.9. The van der Waals surface area contributed by atoms with Crippen molar-refractivity contribution in [3.05, 3.63) is 77.6 Å². The third kappa shape index (κ3) is 3.87. The van der Waals surface area contributed by atoms with Gasteiger partial charge in [0.2, 0.25) is 0 Å². The summed E-state index contributed by atoms with van der Waals surface area (Å²) in [5.41, 5.74) is -2.51. The Kier molecular flexibility index (Phi) is 5.16. The highest BCUT2D eigenvalue weighted by Crippen LogP contribution is 2.41. The third-order valence-corrected chi connectivity index (χ3v) is 4.19. The maximum Gasteiger partial charge on any atom is 0.417 e. The van der Waals surface area contributed by atoms with Crippen molar-refractivity contribution in [3.63, 3.8) is 0 Å². The van der Waals surface area contributed by atoms with Crippen LogP contribution >= 0.6 is 0 Å². The number of hydrogen-bond donors (Lipinski definition) is 1. The molecule has 0 aliphatic carbocycles. The molecule has 0 amide bonds. The van der Waals surface area contributed by atoms with Crippen LogP contribution in [0.3, 0.4) is 0 Å². The number of rotatable bonds is 3. The SMILES string of the molecule is OCc1ncc(-c2ccccc2C(F)(F)F)cc1-c1ccccc1C(F)(F)F. The van der Waals surface area contributed by atoms with Gasteiger partial charge in [-0.3, -0.25) is 4.98 Å². The van der Waals surface area contributed by atoms with Crippen LogP contribution in [0.1, 0.15) is 16.8 Å². The topological polar surface area (TPSA) is 33.1 Å². The van der Waals surface area contributed by atoms with Gasteiger partial charge in [-0.25, -0.2) is 0 Å². The Labute approximate surface area is 156 Å². The molecule has 8 heteroatoms. The average molecular weight is 397 g/mol. The zero-order valence-corrected chi connectivity index (χ0v) is 14.1. The fourth-order valence-corrected chi connectivity index (χ4v) is 2.95. The molecule has 0 bridgehead atoms. The molecular formula is C20H13F6NO. The predicted octanol–water partition coefficient (Wildman–Crippen LogP) is 5.95. The molecular weight excluding hydrogens is 384 g/mol. The molecule has 0 atom stereocenters. The summed E-state index contributed by atoms with van der Waals surface area (Å²) < 4.78 is 80.1. The van der Waals surface area contributed by atoms with Gasteiger partial charge in [0.25, 0.3) is 0 Å². The van der Waals surface area contributed by atoms with Crippen molar-refractivity contribution in [2.45, 2.75) is 19.0 Å². The summed E-state index contributed by atoms with van der Waals surface area (Å²) in [7, 11) is 0. The molecule has 1 N–H and O–H groups in total. The summed E-state index contributed by atoms with van der Waals surface area (Å²) in [6.45, 7) is -0.664. The van der Waals surface area contributed by atoms with Gasteiger partial charge >= 0.3 is 12.4 Å².